The van der Waals surface area contributed by atoms with Crippen molar-refractivity contribution < 1.29 is 13.2 Å². The fourth-order valence-corrected chi connectivity index (χ4v) is 3.76. The van der Waals surface area contributed by atoms with E-state index in [1.165, 1.54) is 17.0 Å². The van der Waals surface area contributed by atoms with Gasteiger partial charge in [-0.05, 0) is 63.9 Å². The summed E-state index contributed by atoms with van der Waals surface area (Å²) in [5.41, 5.74) is -3.25. The van der Waals surface area contributed by atoms with Crippen molar-refractivity contribution >= 4 is 39.0 Å². The Morgan fingerprint density at radius 1 is 1.10 bits per heavy atom. The van der Waals surface area contributed by atoms with Crippen molar-refractivity contribution in [2.24, 2.45) is 0 Å². The minimum atomic E-state index is -4.23. The molecule has 0 fully saturated rings. The molecule has 2 rings (SSSR count). The first kappa shape index (κ1) is 16.9. The smallest absolute Gasteiger partial charge is 0.312 e. The van der Waals surface area contributed by atoms with Gasteiger partial charge in [0.05, 0.1) is 3.79 Å². The second-order valence-electron chi connectivity index (χ2n) is 4.32. The van der Waals surface area contributed by atoms with Crippen LogP contribution in [-0.4, -0.2) is 12.1 Å². The molecule has 0 amide bonds. The summed E-state index contributed by atoms with van der Waals surface area (Å²) >= 11 is 5.04. The van der Waals surface area contributed by atoms with Crippen LogP contribution in [0.5, 0.6) is 0 Å². The van der Waals surface area contributed by atoms with Crippen molar-refractivity contribution in [1.29, 1.82) is 0 Å². The molecule has 21 heavy (non-hydrogen) atoms. The van der Waals surface area contributed by atoms with E-state index in [1.54, 1.807) is 23.5 Å². The Kier molecular flexibility index (Phi) is 6.16. The summed E-state index contributed by atoms with van der Waals surface area (Å²) in [6.45, 7) is 1.50. The third kappa shape index (κ3) is 6.42. The maximum absolute atomic E-state index is 12.2. The molecule has 0 radical (unpaired) electrons. The van der Waals surface area contributed by atoms with Crippen molar-refractivity contribution in [1.82, 2.24) is 5.32 Å². The van der Waals surface area contributed by atoms with Gasteiger partial charge in [0.2, 0.25) is 0 Å². The summed E-state index contributed by atoms with van der Waals surface area (Å²) in [5.74, 6) is 0. The average molecular weight is 396 g/mol. The molecule has 1 aromatic carbocycles. The fraction of sp³-hybridized carbons (Fsp3) is 0.286. The Balaban J connectivity index is 1.73. The molecule has 0 aliphatic rings. The zero-order valence-corrected chi connectivity index (χ0v) is 14.1. The summed E-state index contributed by atoms with van der Waals surface area (Å²) in [5, 5.41) is 3.29. The molecular formula is C14H13BrF3NS2. The average Bonchev–Trinajstić information content (AvgIpc) is 2.81. The van der Waals surface area contributed by atoms with Crippen molar-refractivity contribution in [2.45, 2.75) is 23.4 Å². The molecule has 0 aliphatic heterocycles. The van der Waals surface area contributed by atoms with Gasteiger partial charge in [0.25, 0.3) is 0 Å². The first-order chi connectivity index (χ1) is 9.92. The fourth-order valence-electron chi connectivity index (χ4n) is 1.74. The van der Waals surface area contributed by atoms with Crippen LogP contribution < -0.4 is 5.32 Å². The zero-order chi connectivity index (χ0) is 15.3. The topological polar surface area (TPSA) is 12.0 Å². The summed E-state index contributed by atoms with van der Waals surface area (Å²) in [4.78, 5) is 1.51. The molecule has 1 aromatic heterocycles. The van der Waals surface area contributed by atoms with Gasteiger partial charge in [-0.2, -0.15) is 13.2 Å². The van der Waals surface area contributed by atoms with Crippen LogP contribution in [0.25, 0.3) is 0 Å². The molecule has 1 N–H and O–H groups in total. The van der Waals surface area contributed by atoms with E-state index >= 15 is 0 Å². The molecular weight excluding hydrogens is 383 g/mol. The van der Waals surface area contributed by atoms with Crippen LogP contribution in [0.2, 0.25) is 0 Å². The van der Waals surface area contributed by atoms with E-state index in [9.17, 15) is 13.2 Å². The van der Waals surface area contributed by atoms with E-state index in [4.69, 9.17) is 0 Å². The number of alkyl halides is 3. The van der Waals surface area contributed by atoms with Crippen molar-refractivity contribution in [3.05, 3.63) is 50.6 Å². The molecule has 0 bridgehead atoms. The van der Waals surface area contributed by atoms with Crippen molar-refractivity contribution in [3.63, 3.8) is 0 Å². The van der Waals surface area contributed by atoms with Crippen molar-refractivity contribution in [2.75, 3.05) is 6.54 Å². The largest absolute Gasteiger partial charge is 0.446 e. The number of thiophene rings is 1. The number of benzene rings is 1. The molecule has 1 nitrogen and oxygen atoms in total. The molecule has 0 spiro atoms. The molecule has 1 heterocycles. The quantitative estimate of drug-likeness (QED) is 0.515. The monoisotopic (exact) mass is 395 g/mol. The zero-order valence-electron chi connectivity index (χ0n) is 10.9. The molecule has 7 heteroatoms. The Hall–Kier alpha value is -0.500. The number of halogens is 4. The number of nitrogens with one attached hydrogen (secondary N) is 1. The maximum atomic E-state index is 12.2. The SMILES string of the molecule is FC(F)(F)Sc1ccc(CNCCc2ccc(Br)s2)cc1. The molecule has 0 aliphatic carbocycles. The van der Waals surface area contributed by atoms with Crippen LogP contribution >= 0.6 is 39.0 Å². The molecule has 114 valence electrons. The van der Waals surface area contributed by atoms with E-state index in [0.717, 1.165) is 22.3 Å². The van der Waals surface area contributed by atoms with Gasteiger partial charge in [-0.15, -0.1) is 11.3 Å². The second-order valence-corrected chi connectivity index (χ2v) is 8.01. The van der Waals surface area contributed by atoms with Gasteiger partial charge < -0.3 is 5.32 Å². The van der Waals surface area contributed by atoms with Gasteiger partial charge in [0.15, 0.2) is 0 Å². The van der Waals surface area contributed by atoms with Crippen molar-refractivity contribution in [3.8, 4) is 0 Å². The Morgan fingerprint density at radius 3 is 2.38 bits per heavy atom. The highest BCUT2D eigenvalue weighted by molar-refractivity contribution is 9.11. The predicted molar refractivity (Wildman–Crippen MR) is 85.8 cm³/mol. The number of hydrogen-bond acceptors (Lipinski definition) is 3. The summed E-state index contributed by atoms with van der Waals surface area (Å²) in [7, 11) is 0. The lowest BCUT2D eigenvalue weighted by atomic mass is 10.2. The second kappa shape index (κ2) is 7.67. The Morgan fingerprint density at radius 2 is 1.81 bits per heavy atom. The highest BCUT2D eigenvalue weighted by Crippen LogP contribution is 2.36. The number of hydrogen-bond donors (Lipinski definition) is 1. The van der Waals surface area contributed by atoms with E-state index in [0.29, 0.717) is 6.54 Å². The first-order valence-electron chi connectivity index (χ1n) is 6.22. The lowest BCUT2D eigenvalue weighted by Gasteiger charge is -2.07. The van der Waals surface area contributed by atoms with Gasteiger partial charge in [0, 0.05) is 22.9 Å². The normalized spacial score (nSPS) is 11.8. The van der Waals surface area contributed by atoms with Crippen LogP contribution in [0.15, 0.2) is 45.1 Å². The minimum absolute atomic E-state index is 0.0861. The summed E-state index contributed by atoms with van der Waals surface area (Å²) < 4.78 is 37.7. The highest BCUT2D eigenvalue weighted by Gasteiger charge is 2.28. The Bertz CT molecular complexity index is 566. The molecule has 2 aromatic rings. The van der Waals surface area contributed by atoms with E-state index in [-0.39, 0.29) is 16.7 Å². The number of rotatable bonds is 6. The van der Waals surface area contributed by atoms with Gasteiger partial charge >= 0.3 is 5.51 Å². The van der Waals surface area contributed by atoms with Crippen LogP contribution in [-0.2, 0) is 13.0 Å². The van der Waals surface area contributed by atoms with E-state index in [2.05, 4.69) is 27.3 Å². The maximum Gasteiger partial charge on any atom is 0.446 e. The third-order valence-corrected chi connectivity index (χ3v) is 5.09. The standard InChI is InChI=1S/C14H13BrF3NS2/c15-13-6-5-11(20-13)7-8-19-9-10-1-3-12(4-2-10)21-14(16,17)18/h1-6,19H,7-9H2. The molecule has 0 atom stereocenters. The predicted octanol–water partition coefficient (Wildman–Crippen LogP) is 5.45. The lowest BCUT2D eigenvalue weighted by Crippen LogP contribution is -2.16. The highest BCUT2D eigenvalue weighted by atomic mass is 79.9. The minimum Gasteiger partial charge on any atom is -0.312 e. The summed E-state index contributed by atoms with van der Waals surface area (Å²) in [6, 6.07) is 10.6. The van der Waals surface area contributed by atoms with E-state index < -0.39 is 5.51 Å². The van der Waals surface area contributed by atoms with Crippen LogP contribution in [0, 0.1) is 0 Å². The van der Waals surface area contributed by atoms with Gasteiger partial charge in [-0.3, -0.25) is 0 Å². The molecule has 0 unspecified atom stereocenters. The van der Waals surface area contributed by atoms with E-state index in [1.807, 2.05) is 6.07 Å². The number of thioether (sulfide) groups is 1. The molecule has 0 saturated heterocycles. The molecule has 0 saturated carbocycles. The third-order valence-electron chi connectivity index (χ3n) is 2.66. The van der Waals surface area contributed by atoms with Gasteiger partial charge in [-0.25, -0.2) is 0 Å². The summed E-state index contributed by atoms with van der Waals surface area (Å²) in [6.07, 6.45) is 0.943. The van der Waals surface area contributed by atoms with Gasteiger partial charge in [0.1, 0.15) is 0 Å². The lowest BCUT2D eigenvalue weighted by molar-refractivity contribution is -0.0328. The van der Waals surface area contributed by atoms with Gasteiger partial charge in [-0.1, -0.05) is 12.1 Å². The Labute approximate surface area is 138 Å². The van der Waals surface area contributed by atoms with Crippen LogP contribution in [0.3, 0.4) is 0 Å². The van der Waals surface area contributed by atoms with Crippen LogP contribution in [0.4, 0.5) is 13.2 Å². The first-order valence-corrected chi connectivity index (χ1v) is 8.64. The van der Waals surface area contributed by atoms with Crippen LogP contribution in [0.1, 0.15) is 10.4 Å².